The van der Waals surface area contributed by atoms with Crippen molar-refractivity contribution in [2.75, 3.05) is 0 Å². The first-order chi connectivity index (χ1) is 10.8. The summed E-state index contributed by atoms with van der Waals surface area (Å²) in [5.74, 6) is -0.653. The molecule has 0 aromatic heterocycles. The van der Waals surface area contributed by atoms with Gasteiger partial charge in [-0.2, -0.15) is 0 Å². The maximum atomic E-state index is 10.3. The molecular weight excluding hydrogens is 274 g/mol. The van der Waals surface area contributed by atoms with Gasteiger partial charge in [-0.05, 0) is 6.42 Å². The Morgan fingerprint density at radius 2 is 0.955 bits per heavy atom. The standard InChI is InChI=1S/C18H36O2.CHN/c1-2-3-4-5-6-7-8-9-10-11-12-13-14-15-16-17-18(19)20;1-2/h2-17H2,1H3,(H,19,20);1H. The lowest BCUT2D eigenvalue weighted by atomic mass is 10.0. The minimum absolute atomic E-state index is 0.345. The molecule has 0 aliphatic heterocycles. The lowest BCUT2D eigenvalue weighted by Crippen LogP contribution is -1.93. The molecule has 0 spiro atoms. The first-order valence-corrected chi connectivity index (χ1v) is 9.25. The summed E-state index contributed by atoms with van der Waals surface area (Å²) in [7, 11) is 0. The minimum atomic E-state index is -0.653. The predicted molar refractivity (Wildman–Crippen MR) is 93.9 cm³/mol. The van der Waals surface area contributed by atoms with Gasteiger partial charge >= 0.3 is 5.97 Å². The van der Waals surface area contributed by atoms with Gasteiger partial charge in [0.05, 0.1) is 0 Å². The number of nitriles is 1. The predicted octanol–water partition coefficient (Wildman–Crippen LogP) is 6.47. The van der Waals surface area contributed by atoms with Gasteiger partial charge in [0.2, 0.25) is 0 Å². The van der Waals surface area contributed by atoms with E-state index < -0.39 is 5.97 Å². The summed E-state index contributed by atoms with van der Waals surface area (Å²) in [5.41, 5.74) is 0. The van der Waals surface area contributed by atoms with E-state index in [4.69, 9.17) is 10.4 Å². The molecule has 0 amide bonds. The quantitative estimate of drug-likeness (QED) is 0.332. The van der Waals surface area contributed by atoms with Crippen LogP contribution in [0.1, 0.15) is 110 Å². The maximum absolute atomic E-state index is 10.3. The Morgan fingerprint density at radius 1 is 0.682 bits per heavy atom. The minimum Gasteiger partial charge on any atom is -0.481 e. The molecule has 0 radical (unpaired) electrons. The lowest BCUT2D eigenvalue weighted by Gasteiger charge is -2.03. The fraction of sp³-hybridized carbons (Fsp3) is 0.895. The Kier molecular flexibility index (Phi) is 23.5. The smallest absolute Gasteiger partial charge is 0.303 e. The van der Waals surface area contributed by atoms with Crippen LogP contribution in [0.3, 0.4) is 0 Å². The van der Waals surface area contributed by atoms with Crippen molar-refractivity contribution in [2.45, 2.75) is 110 Å². The van der Waals surface area contributed by atoms with Crippen molar-refractivity contribution in [3.8, 4) is 6.57 Å². The summed E-state index contributed by atoms with van der Waals surface area (Å²) in [5, 5.41) is 15.0. The largest absolute Gasteiger partial charge is 0.481 e. The molecule has 0 heterocycles. The van der Waals surface area contributed by atoms with Crippen LogP contribution in [0.2, 0.25) is 0 Å². The van der Waals surface area contributed by atoms with Crippen LogP contribution in [0.25, 0.3) is 0 Å². The topological polar surface area (TPSA) is 61.1 Å². The maximum Gasteiger partial charge on any atom is 0.303 e. The normalized spacial score (nSPS) is 9.95. The lowest BCUT2D eigenvalue weighted by molar-refractivity contribution is -0.137. The number of hydrogen-bond donors (Lipinski definition) is 1. The number of unbranched alkanes of at least 4 members (excludes halogenated alkanes) is 14. The van der Waals surface area contributed by atoms with E-state index in [0.29, 0.717) is 6.42 Å². The Labute approximate surface area is 138 Å². The van der Waals surface area contributed by atoms with Crippen molar-refractivity contribution in [3.05, 3.63) is 0 Å². The van der Waals surface area contributed by atoms with E-state index in [2.05, 4.69) is 13.5 Å². The van der Waals surface area contributed by atoms with Gasteiger partial charge < -0.3 is 5.11 Å². The number of hydrogen-bond acceptors (Lipinski definition) is 2. The molecule has 0 saturated carbocycles. The summed E-state index contributed by atoms with van der Waals surface area (Å²) in [6.07, 6.45) is 20.2. The molecule has 0 unspecified atom stereocenters. The molecule has 0 aromatic carbocycles. The second-order valence-electron chi connectivity index (χ2n) is 6.09. The molecule has 0 saturated heterocycles. The van der Waals surface area contributed by atoms with Gasteiger partial charge in [0.25, 0.3) is 0 Å². The third kappa shape index (κ3) is 24.0. The van der Waals surface area contributed by atoms with Crippen LogP contribution in [-0.4, -0.2) is 11.1 Å². The highest BCUT2D eigenvalue weighted by Crippen LogP contribution is 2.13. The molecule has 1 N–H and O–H groups in total. The molecular formula is C19H37NO2. The van der Waals surface area contributed by atoms with Crippen LogP contribution in [0.15, 0.2) is 0 Å². The van der Waals surface area contributed by atoms with Crippen LogP contribution >= 0.6 is 0 Å². The molecule has 0 bridgehead atoms. The Morgan fingerprint density at radius 3 is 1.23 bits per heavy atom. The summed E-state index contributed by atoms with van der Waals surface area (Å²) in [6, 6.07) is 0. The zero-order chi connectivity index (χ0) is 16.9. The molecule has 3 heteroatoms. The van der Waals surface area contributed by atoms with Gasteiger partial charge in [-0.15, -0.1) is 0 Å². The van der Waals surface area contributed by atoms with Crippen molar-refractivity contribution in [1.29, 1.82) is 5.26 Å². The number of carbonyl (C=O) groups is 1. The number of carboxylic acid groups (broad SMARTS) is 1. The Hall–Kier alpha value is -1.04. The molecule has 3 nitrogen and oxygen atoms in total. The zero-order valence-electron chi connectivity index (χ0n) is 14.7. The number of nitrogens with zero attached hydrogens (tertiary/aromatic N) is 1. The molecule has 0 aliphatic carbocycles. The summed E-state index contributed by atoms with van der Waals surface area (Å²) in [4.78, 5) is 10.3. The van der Waals surface area contributed by atoms with Crippen molar-refractivity contribution >= 4 is 5.97 Å². The fourth-order valence-electron chi connectivity index (χ4n) is 2.65. The van der Waals surface area contributed by atoms with Crippen molar-refractivity contribution < 1.29 is 9.90 Å². The SMILES string of the molecule is C#N.CCCCCCCCCCCCCCCCCC(=O)O. The van der Waals surface area contributed by atoms with E-state index in [1.165, 1.54) is 83.5 Å². The van der Waals surface area contributed by atoms with E-state index in [0.717, 1.165) is 12.8 Å². The highest BCUT2D eigenvalue weighted by Gasteiger charge is 1.97. The number of rotatable bonds is 16. The van der Waals surface area contributed by atoms with E-state index in [1.807, 2.05) is 0 Å². The van der Waals surface area contributed by atoms with Gasteiger partial charge in [0.15, 0.2) is 0 Å². The van der Waals surface area contributed by atoms with Crippen LogP contribution in [0.4, 0.5) is 0 Å². The second kappa shape index (κ2) is 22.2. The summed E-state index contributed by atoms with van der Waals surface area (Å²) in [6.45, 7) is 5.77. The van der Waals surface area contributed by atoms with E-state index in [-0.39, 0.29) is 0 Å². The zero-order valence-corrected chi connectivity index (χ0v) is 14.7. The van der Waals surface area contributed by atoms with E-state index in [1.54, 1.807) is 0 Å². The van der Waals surface area contributed by atoms with Crippen molar-refractivity contribution in [3.63, 3.8) is 0 Å². The van der Waals surface area contributed by atoms with Gasteiger partial charge in [-0.1, -0.05) is 96.8 Å². The fourth-order valence-corrected chi connectivity index (χ4v) is 2.65. The number of carboxylic acids is 1. The molecule has 0 aliphatic rings. The van der Waals surface area contributed by atoms with Crippen molar-refractivity contribution in [1.82, 2.24) is 0 Å². The Bertz CT molecular complexity index is 239. The molecule has 0 atom stereocenters. The van der Waals surface area contributed by atoms with Gasteiger partial charge in [-0.3, -0.25) is 4.79 Å². The highest BCUT2D eigenvalue weighted by atomic mass is 16.4. The third-order valence-electron chi connectivity index (χ3n) is 3.99. The molecule has 0 aromatic rings. The average Bonchev–Trinajstić information content (AvgIpc) is 2.53. The van der Waals surface area contributed by atoms with Crippen molar-refractivity contribution in [2.24, 2.45) is 0 Å². The third-order valence-corrected chi connectivity index (χ3v) is 3.99. The monoisotopic (exact) mass is 311 g/mol. The van der Waals surface area contributed by atoms with Crippen LogP contribution in [0.5, 0.6) is 0 Å². The highest BCUT2D eigenvalue weighted by molar-refractivity contribution is 5.66. The van der Waals surface area contributed by atoms with Crippen LogP contribution < -0.4 is 0 Å². The van der Waals surface area contributed by atoms with Crippen LogP contribution in [0, 0.1) is 11.8 Å². The first-order valence-electron chi connectivity index (χ1n) is 9.25. The first kappa shape index (κ1) is 23.2. The van der Waals surface area contributed by atoms with Crippen LogP contribution in [-0.2, 0) is 4.79 Å². The van der Waals surface area contributed by atoms with Gasteiger partial charge in [-0.25, -0.2) is 5.26 Å². The molecule has 0 fully saturated rings. The van der Waals surface area contributed by atoms with Gasteiger partial charge in [0.1, 0.15) is 0 Å². The molecule has 22 heavy (non-hydrogen) atoms. The van der Waals surface area contributed by atoms with E-state index in [9.17, 15) is 4.79 Å². The van der Waals surface area contributed by atoms with E-state index >= 15 is 0 Å². The average molecular weight is 312 g/mol. The number of aliphatic carboxylic acids is 1. The second-order valence-corrected chi connectivity index (χ2v) is 6.09. The van der Waals surface area contributed by atoms with Gasteiger partial charge in [0, 0.05) is 13.0 Å². The summed E-state index contributed by atoms with van der Waals surface area (Å²) < 4.78 is 0. The summed E-state index contributed by atoms with van der Waals surface area (Å²) >= 11 is 0. The molecule has 130 valence electrons. The Balaban J connectivity index is 0. The molecule has 0 rings (SSSR count).